The topological polar surface area (TPSA) is 73.1 Å². The Kier molecular flexibility index (Phi) is 7.86. The number of pyridine rings is 1. The number of nitrogens with zero attached hydrogens (tertiary/aromatic N) is 3. The number of benzene rings is 1. The van der Waals surface area contributed by atoms with E-state index in [4.69, 9.17) is 5.26 Å². The van der Waals surface area contributed by atoms with Crippen molar-refractivity contribution in [3.05, 3.63) is 60.4 Å². The molecule has 0 aliphatic carbocycles. The summed E-state index contributed by atoms with van der Waals surface area (Å²) in [6, 6.07) is 14.2. The normalized spacial score (nSPS) is 10.9. The van der Waals surface area contributed by atoms with Crippen molar-refractivity contribution < 1.29 is 0 Å². The van der Waals surface area contributed by atoms with Gasteiger partial charge in [0, 0.05) is 18.9 Å². The van der Waals surface area contributed by atoms with E-state index in [-0.39, 0.29) is 0 Å². The van der Waals surface area contributed by atoms with Crippen LogP contribution in [0, 0.1) is 11.5 Å². The summed E-state index contributed by atoms with van der Waals surface area (Å²) in [4.78, 5) is 8.30. The second kappa shape index (κ2) is 10.8. The highest BCUT2D eigenvalue weighted by Crippen LogP contribution is 2.08. The second-order valence-corrected chi connectivity index (χ2v) is 5.48. The smallest absolute Gasteiger partial charge is 0.209 e. The predicted molar refractivity (Wildman–Crippen MR) is 96.7 cm³/mol. The quantitative estimate of drug-likeness (QED) is 0.256. The Balaban J connectivity index is 1.63. The van der Waals surface area contributed by atoms with Crippen molar-refractivity contribution in [2.75, 3.05) is 6.54 Å². The zero-order chi connectivity index (χ0) is 16.9. The number of aryl methyl sites for hydroxylation is 1. The molecule has 0 unspecified atom stereocenters. The summed E-state index contributed by atoms with van der Waals surface area (Å²) >= 11 is 0. The van der Waals surface area contributed by atoms with Crippen LogP contribution >= 0.6 is 0 Å². The molecule has 24 heavy (non-hydrogen) atoms. The van der Waals surface area contributed by atoms with Crippen LogP contribution < -0.4 is 10.6 Å². The molecule has 0 fully saturated rings. The zero-order valence-electron chi connectivity index (χ0n) is 13.8. The molecule has 0 spiro atoms. The summed E-state index contributed by atoms with van der Waals surface area (Å²) in [6.45, 7) is 0.796. The number of guanidine groups is 1. The number of nitriles is 1. The fourth-order valence-electron chi connectivity index (χ4n) is 2.37. The molecule has 5 heteroatoms. The Morgan fingerprint density at radius 3 is 2.50 bits per heavy atom. The number of aliphatic imine (C=N–C) groups is 1. The van der Waals surface area contributed by atoms with Crippen molar-refractivity contribution in [2.45, 2.75) is 32.1 Å². The monoisotopic (exact) mass is 321 g/mol. The van der Waals surface area contributed by atoms with E-state index in [1.807, 2.05) is 6.19 Å². The molecular formula is C19H23N5. The third-order valence-electron chi connectivity index (χ3n) is 3.61. The first kappa shape index (κ1) is 17.5. The van der Waals surface area contributed by atoms with Gasteiger partial charge in [0.2, 0.25) is 5.96 Å². The lowest BCUT2D eigenvalue weighted by Crippen LogP contribution is -2.34. The van der Waals surface area contributed by atoms with Gasteiger partial charge in [0.05, 0.1) is 5.69 Å². The van der Waals surface area contributed by atoms with Crippen molar-refractivity contribution in [2.24, 2.45) is 4.99 Å². The maximum absolute atomic E-state index is 8.80. The molecule has 2 aromatic rings. The van der Waals surface area contributed by atoms with E-state index in [1.165, 1.54) is 18.4 Å². The molecule has 0 radical (unpaired) electrons. The van der Waals surface area contributed by atoms with Crippen molar-refractivity contribution in [1.29, 1.82) is 5.26 Å². The van der Waals surface area contributed by atoms with E-state index in [9.17, 15) is 0 Å². The first-order valence-corrected chi connectivity index (χ1v) is 8.30. The number of hydrogen-bond donors (Lipinski definition) is 2. The molecule has 0 saturated heterocycles. The lowest BCUT2D eigenvalue weighted by atomic mass is 10.1. The van der Waals surface area contributed by atoms with Gasteiger partial charge in [-0.2, -0.15) is 5.26 Å². The molecule has 1 heterocycles. The average Bonchev–Trinajstić information content (AvgIpc) is 2.63. The third kappa shape index (κ3) is 6.93. The van der Waals surface area contributed by atoms with Crippen molar-refractivity contribution in [3.8, 4) is 6.19 Å². The molecule has 0 saturated carbocycles. The molecule has 0 amide bonds. The van der Waals surface area contributed by atoms with Gasteiger partial charge in [0.15, 0.2) is 6.19 Å². The van der Waals surface area contributed by atoms with Gasteiger partial charge >= 0.3 is 0 Å². The number of rotatable bonds is 8. The largest absolute Gasteiger partial charge is 0.355 e. The number of aromatic nitrogens is 1. The van der Waals surface area contributed by atoms with E-state index in [0.29, 0.717) is 5.96 Å². The van der Waals surface area contributed by atoms with E-state index >= 15 is 0 Å². The van der Waals surface area contributed by atoms with Gasteiger partial charge in [-0.25, -0.2) is 4.99 Å². The van der Waals surface area contributed by atoms with Gasteiger partial charge in [-0.15, -0.1) is 0 Å². The summed E-state index contributed by atoms with van der Waals surface area (Å²) in [5.41, 5.74) is 2.17. The summed E-state index contributed by atoms with van der Waals surface area (Å²) in [5, 5.41) is 14.6. The van der Waals surface area contributed by atoms with Crippen LogP contribution in [-0.4, -0.2) is 17.5 Å². The highest BCUT2D eigenvalue weighted by atomic mass is 15.2. The molecule has 124 valence electrons. The zero-order valence-corrected chi connectivity index (χ0v) is 13.8. The van der Waals surface area contributed by atoms with Gasteiger partial charge < -0.3 is 5.32 Å². The molecule has 2 N–H and O–H groups in total. The fraction of sp³-hybridized carbons (Fsp3) is 0.316. The Labute approximate surface area is 143 Å². The van der Waals surface area contributed by atoms with Crippen molar-refractivity contribution in [3.63, 3.8) is 0 Å². The molecular weight excluding hydrogens is 298 g/mol. The summed E-state index contributed by atoms with van der Waals surface area (Å²) in [7, 11) is 0. The Hall–Kier alpha value is -2.87. The molecule has 0 aliphatic heterocycles. The van der Waals surface area contributed by atoms with Gasteiger partial charge in [-0.3, -0.25) is 10.3 Å². The Morgan fingerprint density at radius 1 is 1.00 bits per heavy atom. The standard InChI is InChI=1S/C19H23N5/c20-16-23-19(24-18-11-14-21-15-12-18)22-13-7-2-1-4-8-17-9-5-3-6-10-17/h3,5-6,9-12,14-15H,1-2,4,7-8,13H2,(H2,21,22,23,24). The minimum atomic E-state index is 0.480. The molecule has 0 bridgehead atoms. The van der Waals surface area contributed by atoms with E-state index in [1.54, 1.807) is 24.5 Å². The van der Waals surface area contributed by atoms with Crippen LogP contribution in [0.3, 0.4) is 0 Å². The van der Waals surface area contributed by atoms with E-state index in [2.05, 4.69) is 50.9 Å². The minimum Gasteiger partial charge on any atom is -0.355 e. The average molecular weight is 321 g/mol. The van der Waals surface area contributed by atoms with Crippen LogP contribution in [0.4, 0.5) is 5.69 Å². The highest BCUT2D eigenvalue weighted by Gasteiger charge is 1.98. The van der Waals surface area contributed by atoms with Crippen LogP contribution in [0.25, 0.3) is 0 Å². The fourth-order valence-corrected chi connectivity index (χ4v) is 2.37. The molecule has 0 atom stereocenters. The van der Waals surface area contributed by atoms with Crippen LogP contribution in [0.5, 0.6) is 0 Å². The van der Waals surface area contributed by atoms with Crippen LogP contribution in [0.2, 0.25) is 0 Å². The molecule has 5 nitrogen and oxygen atoms in total. The maximum atomic E-state index is 8.80. The highest BCUT2D eigenvalue weighted by molar-refractivity contribution is 5.83. The Morgan fingerprint density at radius 2 is 1.75 bits per heavy atom. The Bertz CT molecular complexity index is 646. The van der Waals surface area contributed by atoms with Gasteiger partial charge in [-0.1, -0.05) is 43.2 Å². The number of unbranched alkanes of at least 4 members (excludes halogenated alkanes) is 3. The van der Waals surface area contributed by atoms with E-state index < -0.39 is 0 Å². The maximum Gasteiger partial charge on any atom is 0.209 e. The number of hydrogen-bond acceptors (Lipinski definition) is 3. The SMILES string of the molecule is N#CNC(=Nc1ccncc1)NCCCCCCc1ccccc1. The first-order chi connectivity index (χ1) is 11.9. The molecule has 2 rings (SSSR count). The third-order valence-corrected chi connectivity index (χ3v) is 3.61. The van der Waals surface area contributed by atoms with Crippen LogP contribution in [0.15, 0.2) is 59.9 Å². The second-order valence-electron chi connectivity index (χ2n) is 5.48. The molecule has 1 aromatic carbocycles. The van der Waals surface area contributed by atoms with Gasteiger partial charge in [0.1, 0.15) is 0 Å². The lowest BCUT2D eigenvalue weighted by Gasteiger charge is -2.08. The molecule has 1 aromatic heterocycles. The summed E-state index contributed by atoms with van der Waals surface area (Å²) in [6.07, 6.45) is 11.0. The summed E-state index contributed by atoms with van der Waals surface area (Å²) in [5.74, 6) is 0.480. The first-order valence-electron chi connectivity index (χ1n) is 8.30. The predicted octanol–water partition coefficient (Wildman–Crippen LogP) is 3.53. The number of nitrogens with one attached hydrogen (secondary N) is 2. The summed E-state index contributed by atoms with van der Waals surface area (Å²) < 4.78 is 0. The van der Waals surface area contributed by atoms with E-state index in [0.717, 1.165) is 31.5 Å². The van der Waals surface area contributed by atoms with Gasteiger partial charge in [-0.05, 0) is 37.0 Å². The lowest BCUT2D eigenvalue weighted by molar-refractivity contribution is 0.629. The molecule has 0 aliphatic rings. The van der Waals surface area contributed by atoms with Gasteiger partial charge in [0.25, 0.3) is 0 Å². The van der Waals surface area contributed by atoms with Crippen LogP contribution in [-0.2, 0) is 6.42 Å². The van der Waals surface area contributed by atoms with Crippen LogP contribution in [0.1, 0.15) is 31.2 Å². The van der Waals surface area contributed by atoms with Crippen molar-refractivity contribution in [1.82, 2.24) is 15.6 Å². The van der Waals surface area contributed by atoms with Crippen molar-refractivity contribution >= 4 is 11.6 Å². The minimum absolute atomic E-state index is 0.480.